The maximum Gasteiger partial charge on any atom is 0.221 e. The second-order valence-corrected chi connectivity index (χ2v) is 2.36. The normalized spacial score (nSPS) is 33.6. The average molecular weight is 124 g/mol. The molecule has 1 aliphatic rings. The van der Waals surface area contributed by atoms with Crippen molar-refractivity contribution >= 4 is 5.91 Å². The van der Waals surface area contributed by atoms with Gasteiger partial charge >= 0.3 is 0 Å². The number of carbonyl (C=O) groups is 1. The van der Waals surface area contributed by atoms with Crippen molar-refractivity contribution in [1.29, 1.82) is 5.26 Å². The lowest BCUT2D eigenvalue weighted by Crippen LogP contribution is -2.25. The molecule has 1 aliphatic heterocycles. The quantitative estimate of drug-likeness (QED) is 0.495. The molecule has 0 unspecified atom stereocenters. The first-order chi connectivity index (χ1) is 4.24. The summed E-state index contributed by atoms with van der Waals surface area (Å²) in [5.74, 6) is 0.177. The van der Waals surface area contributed by atoms with Crippen molar-refractivity contribution in [2.75, 3.05) is 0 Å². The average Bonchev–Trinajstić information content (AvgIpc) is 2.10. The number of carbonyl (C=O) groups excluding carboxylic acids is 1. The smallest absolute Gasteiger partial charge is 0.221 e. The van der Waals surface area contributed by atoms with Crippen LogP contribution in [0.5, 0.6) is 0 Å². The van der Waals surface area contributed by atoms with E-state index >= 15 is 0 Å². The Morgan fingerprint density at radius 3 is 2.78 bits per heavy atom. The fraction of sp³-hybridized carbons (Fsp3) is 0.667. The molecule has 0 saturated carbocycles. The van der Waals surface area contributed by atoms with E-state index in [2.05, 4.69) is 5.32 Å². The first-order valence-electron chi connectivity index (χ1n) is 2.93. The zero-order valence-electron chi connectivity index (χ0n) is 5.22. The molecule has 1 amide bonds. The predicted molar refractivity (Wildman–Crippen MR) is 31.3 cm³/mol. The summed E-state index contributed by atoms with van der Waals surface area (Å²) >= 11 is 0. The Hall–Kier alpha value is -1.04. The molecule has 0 spiro atoms. The molecular formula is C6H8N2O. The van der Waals surface area contributed by atoms with Gasteiger partial charge in [0.2, 0.25) is 5.91 Å². The summed E-state index contributed by atoms with van der Waals surface area (Å²) in [5.41, 5.74) is 0. The SMILES string of the molecule is C[C@H]1CC(=O)N[C@H]1C#N. The highest BCUT2D eigenvalue weighted by atomic mass is 16.1. The molecule has 9 heavy (non-hydrogen) atoms. The fourth-order valence-electron chi connectivity index (χ4n) is 0.944. The molecule has 0 radical (unpaired) electrons. The van der Waals surface area contributed by atoms with Crippen molar-refractivity contribution in [1.82, 2.24) is 5.32 Å². The highest BCUT2D eigenvalue weighted by molar-refractivity contribution is 5.79. The maximum absolute atomic E-state index is 10.6. The Morgan fingerprint density at radius 2 is 2.56 bits per heavy atom. The maximum atomic E-state index is 10.6. The molecular weight excluding hydrogens is 116 g/mol. The van der Waals surface area contributed by atoms with Gasteiger partial charge in [0.15, 0.2) is 0 Å². The lowest BCUT2D eigenvalue weighted by molar-refractivity contribution is -0.119. The molecule has 0 aromatic rings. The molecule has 1 rings (SSSR count). The summed E-state index contributed by atoms with van der Waals surface area (Å²) in [6, 6.07) is 1.76. The van der Waals surface area contributed by atoms with Gasteiger partial charge in [-0.1, -0.05) is 6.92 Å². The van der Waals surface area contributed by atoms with Crippen molar-refractivity contribution < 1.29 is 4.79 Å². The van der Waals surface area contributed by atoms with E-state index in [9.17, 15) is 4.79 Å². The minimum absolute atomic E-state index is 0.00551. The Balaban J connectivity index is 2.60. The van der Waals surface area contributed by atoms with Crippen LogP contribution in [0.2, 0.25) is 0 Å². The van der Waals surface area contributed by atoms with Gasteiger partial charge in [0.1, 0.15) is 6.04 Å². The van der Waals surface area contributed by atoms with E-state index in [0.717, 1.165) is 0 Å². The highest BCUT2D eigenvalue weighted by Gasteiger charge is 2.27. The zero-order valence-corrected chi connectivity index (χ0v) is 5.22. The third-order valence-electron chi connectivity index (χ3n) is 1.53. The molecule has 0 aromatic heterocycles. The summed E-state index contributed by atoms with van der Waals surface area (Å²) in [7, 11) is 0. The summed E-state index contributed by atoms with van der Waals surface area (Å²) in [6.45, 7) is 1.89. The molecule has 1 N–H and O–H groups in total. The topological polar surface area (TPSA) is 52.9 Å². The lowest BCUT2D eigenvalue weighted by atomic mass is 10.1. The van der Waals surface area contributed by atoms with Crippen molar-refractivity contribution in [2.24, 2.45) is 5.92 Å². The number of hydrogen-bond donors (Lipinski definition) is 1. The molecule has 48 valence electrons. The van der Waals surface area contributed by atoms with Gasteiger partial charge in [-0.2, -0.15) is 5.26 Å². The minimum atomic E-state index is -0.252. The van der Waals surface area contributed by atoms with Crippen molar-refractivity contribution in [3.63, 3.8) is 0 Å². The first-order valence-corrected chi connectivity index (χ1v) is 2.93. The predicted octanol–water partition coefficient (Wildman–Crippen LogP) is 0.0346. The standard InChI is InChI=1S/C6H8N2O/c1-4-2-6(9)8-5(4)3-7/h4-5H,2H2,1H3,(H,8,9)/t4-,5-/m0/s1. The molecule has 2 atom stereocenters. The third kappa shape index (κ3) is 1.02. The van der Waals surface area contributed by atoms with Gasteiger partial charge in [-0.3, -0.25) is 4.79 Å². The van der Waals surface area contributed by atoms with Gasteiger partial charge in [-0.05, 0) is 5.92 Å². The Bertz CT molecular complexity index is 170. The second-order valence-electron chi connectivity index (χ2n) is 2.36. The molecule has 3 heteroatoms. The van der Waals surface area contributed by atoms with Crippen molar-refractivity contribution in [3.05, 3.63) is 0 Å². The first kappa shape index (κ1) is 6.09. The number of hydrogen-bond acceptors (Lipinski definition) is 2. The van der Waals surface area contributed by atoms with Gasteiger partial charge in [0.05, 0.1) is 6.07 Å². The lowest BCUT2D eigenvalue weighted by Gasteiger charge is -2.01. The van der Waals surface area contributed by atoms with E-state index in [1.807, 2.05) is 13.0 Å². The molecule has 0 aromatic carbocycles. The van der Waals surface area contributed by atoms with E-state index < -0.39 is 0 Å². The Morgan fingerprint density at radius 1 is 1.89 bits per heavy atom. The summed E-state index contributed by atoms with van der Waals surface area (Å²) in [4.78, 5) is 10.6. The Labute approximate surface area is 53.7 Å². The molecule has 1 saturated heterocycles. The van der Waals surface area contributed by atoms with Gasteiger partial charge in [-0.15, -0.1) is 0 Å². The minimum Gasteiger partial charge on any atom is -0.340 e. The zero-order chi connectivity index (χ0) is 6.85. The molecule has 0 bridgehead atoms. The largest absolute Gasteiger partial charge is 0.340 e. The molecule has 1 heterocycles. The van der Waals surface area contributed by atoms with E-state index in [1.54, 1.807) is 0 Å². The van der Waals surface area contributed by atoms with Crippen LogP contribution in [0.4, 0.5) is 0 Å². The van der Waals surface area contributed by atoms with Gasteiger partial charge in [0.25, 0.3) is 0 Å². The van der Waals surface area contributed by atoms with E-state index in [0.29, 0.717) is 6.42 Å². The van der Waals surface area contributed by atoms with Gasteiger partial charge < -0.3 is 5.32 Å². The van der Waals surface area contributed by atoms with Gasteiger partial charge in [0, 0.05) is 6.42 Å². The number of nitrogens with zero attached hydrogens (tertiary/aromatic N) is 1. The molecule has 1 fully saturated rings. The van der Waals surface area contributed by atoms with E-state index in [4.69, 9.17) is 5.26 Å². The molecule has 0 aliphatic carbocycles. The highest BCUT2D eigenvalue weighted by Crippen LogP contribution is 2.13. The number of nitriles is 1. The van der Waals surface area contributed by atoms with Crippen LogP contribution in [0.15, 0.2) is 0 Å². The van der Waals surface area contributed by atoms with Gasteiger partial charge in [-0.25, -0.2) is 0 Å². The van der Waals surface area contributed by atoms with Crippen LogP contribution in [-0.4, -0.2) is 11.9 Å². The van der Waals surface area contributed by atoms with Crippen molar-refractivity contribution in [3.8, 4) is 6.07 Å². The molecule has 3 nitrogen and oxygen atoms in total. The van der Waals surface area contributed by atoms with Crippen LogP contribution >= 0.6 is 0 Å². The monoisotopic (exact) mass is 124 g/mol. The van der Waals surface area contributed by atoms with Crippen molar-refractivity contribution in [2.45, 2.75) is 19.4 Å². The summed E-state index contributed by atoms with van der Waals surface area (Å²) in [6.07, 6.45) is 0.498. The summed E-state index contributed by atoms with van der Waals surface area (Å²) in [5, 5.41) is 10.9. The van der Waals surface area contributed by atoms with E-state index in [1.165, 1.54) is 0 Å². The number of rotatable bonds is 0. The fourth-order valence-corrected chi connectivity index (χ4v) is 0.944. The third-order valence-corrected chi connectivity index (χ3v) is 1.53. The summed E-state index contributed by atoms with van der Waals surface area (Å²) < 4.78 is 0. The Kier molecular flexibility index (Phi) is 1.39. The van der Waals surface area contributed by atoms with Crippen LogP contribution in [-0.2, 0) is 4.79 Å². The second kappa shape index (κ2) is 2.06. The van der Waals surface area contributed by atoms with Crippen LogP contribution in [0.3, 0.4) is 0 Å². The van der Waals surface area contributed by atoms with E-state index in [-0.39, 0.29) is 17.9 Å². The van der Waals surface area contributed by atoms with Crippen LogP contribution in [0.1, 0.15) is 13.3 Å². The van der Waals surface area contributed by atoms with Crippen LogP contribution < -0.4 is 5.32 Å². The van der Waals surface area contributed by atoms with Crippen LogP contribution in [0.25, 0.3) is 0 Å². The number of amides is 1. The van der Waals surface area contributed by atoms with Crippen LogP contribution in [0, 0.1) is 17.2 Å². The number of nitrogens with one attached hydrogen (secondary N) is 1.